The predicted molar refractivity (Wildman–Crippen MR) is 129 cm³/mol. The Kier molecular flexibility index (Phi) is 5.26. The molecule has 4 aromatic rings. The van der Waals surface area contributed by atoms with Crippen molar-refractivity contribution in [3.8, 4) is 56.9 Å². The van der Waals surface area contributed by atoms with E-state index in [9.17, 15) is 0 Å². The van der Waals surface area contributed by atoms with Crippen molar-refractivity contribution < 1.29 is 18.9 Å². The molecular formula is C27H24N2O4. The minimum atomic E-state index is 0.644. The first-order chi connectivity index (χ1) is 16.1. The highest BCUT2D eigenvalue weighted by Gasteiger charge is 2.27. The maximum atomic E-state index is 6.04. The van der Waals surface area contributed by atoms with Gasteiger partial charge in [0.25, 0.3) is 0 Å². The third-order valence-corrected chi connectivity index (χ3v) is 5.74. The van der Waals surface area contributed by atoms with Gasteiger partial charge >= 0.3 is 0 Å². The number of rotatable bonds is 5. The van der Waals surface area contributed by atoms with Gasteiger partial charge in [-0.3, -0.25) is 4.57 Å². The minimum absolute atomic E-state index is 0.644. The monoisotopic (exact) mass is 440 g/mol. The summed E-state index contributed by atoms with van der Waals surface area (Å²) in [5.74, 6) is 3.68. The third-order valence-electron chi connectivity index (χ3n) is 5.74. The highest BCUT2D eigenvalue weighted by Crippen LogP contribution is 2.45. The number of nitrogens with zero attached hydrogens (tertiary/aromatic N) is 2. The van der Waals surface area contributed by atoms with Gasteiger partial charge in [0.05, 0.1) is 44.0 Å². The fraction of sp³-hybridized carbons (Fsp3) is 0.148. The summed E-state index contributed by atoms with van der Waals surface area (Å²) >= 11 is 0. The number of methoxy groups -OCH3 is 3. The molecule has 6 nitrogen and oxygen atoms in total. The van der Waals surface area contributed by atoms with Crippen molar-refractivity contribution in [2.24, 2.45) is 0 Å². The molecule has 33 heavy (non-hydrogen) atoms. The maximum absolute atomic E-state index is 6.04. The van der Waals surface area contributed by atoms with Crippen LogP contribution in [0.15, 0.2) is 73.0 Å². The second kappa shape index (κ2) is 8.39. The van der Waals surface area contributed by atoms with E-state index < -0.39 is 0 Å². The van der Waals surface area contributed by atoms with Crippen LogP contribution in [0.3, 0.4) is 0 Å². The molecule has 0 atom stereocenters. The van der Waals surface area contributed by atoms with Crippen LogP contribution in [0.5, 0.6) is 23.0 Å². The van der Waals surface area contributed by atoms with Crippen LogP contribution in [0.2, 0.25) is 0 Å². The number of benzene rings is 3. The maximum Gasteiger partial charge on any atom is 0.179 e. The first-order valence-corrected chi connectivity index (χ1v) is 10.6. The van der Waals surface area contributed by atoms with Crippen LogP contribution in [-0.2, 0) is 0 Å². The fourth-order valence-electron chi connectivity index (χ4n) is 4.08. The summed E-state index contributed by atoms with van der Waals surface area (Å²) in [4.78, 5) is 5.14. The molecule has 1 aliphatic rings. The van der Waals surface area contributed by atoms with E-state index in [2.05, 4.69) is 4.57 Å². The molecule has 0 saturated carbocycles. The summed E-state index contributed by atoms with van der Waals surface area (Å²) in [6.07, 6.45) is 1.74. The molecule has 0 saturated heterocycles. The third kappa shape index (κ3) is 3.49. The zero-order valence-corrected chi connectivity index (χ0v) is 19.0. The molecule has 166 valence electrons. The van der Waals surface area contributed by atoms with E-state index in [0.29, 0.717) is 11.5 Å². The van der Waals surface area contributed by atoms with Crippen LogP contribution < -0.4 is 18.9 Å². The van der Waals surface area contributed by atoms with Gasteiger partial charge in [0.1, 0.15) is 23.6 Å². The topological polar surface area (TPSA) is 54.7 Å². The van der Waals surface area contributed by atoms with Crippen LogP contribution >= 0.6 is 0 Å². The number of hydrogen-bond donors (Lipinski definition) is 0. The van der Waals surface area contributed by atoms with Crippen LogP contribution in [-0.4, -0.2) is 30.9 Å². The molecule has 0 spiro atoms. The average molecular weight is 440 g/mol. The molecule has 3 aromatic carbocycles. The van der Waals surface area contributed by atoms with Crippen molar-refractivity contribution in [3.63, 3.8) is 0 Å². The first-order valence-electron chi connectivity index (χ1n) is 10.6. The largest absolute Gasteiger partial charge is 0.497 e. The van der Waals surface area contributed by atoms with Gasteiger partial charge in [-0.1, -0.05) is 6.07 Å². The Balaban J connectivity index is 1.82. The Bertz CT molecular complexity index is 1340. The van der Waals surface area contributed by atoms with Gasteiger partial charge in [0.15, 0.2) is 11.5 Å². The Morgan fingerprint density at radius 1 is 0.758 bits per heavy atom. The Morgan fingerprint density at radius 2 is 1.39 bits per heavy atom. The Labute approximate surface area is 192 Å². The van der Waals surface area contributed by atoms with Crippen molar-refractivity contribution in [3.05, 3.63) is 73.0 Å². The van der Waals surface area contributed by atoms with E-state index in [1.165, 1.54) is 0 Å². The molecule has 2 heterocycles. The van der Waals surface area contributed by atoms with E-state index in [1.807, 2.05) is 73.7 Å². The van der Waals surface area contributed by atoms with E-state index >= 15 is 0 Å². The molecule has 5 rings (SSSR count). The van der Waals surface area contributed by atoms with Crippen molar-refractivity contribution >= 4 is 5.70 Å². The zero-order valence-electron chi connectivity index (χ0n) is 19.0. The van der Waals surface area contributed by atoms with Gasteiger partial charge in [-0.05, 0) is 67.6 Å². The molecule has 0 radical (unpaired) electrons. The molecule has 0 bridgehead atoms. The second-order valence-corrected chi connectivity index (χ2v) is 7.64. The van der Waals surface area contributed by atoms with Crippen LogP contribution in [0, 0.1) is 0 Å². The molecule has 0 unspecified atom stereocenters. The lowest BCUT2D eigenvalue weighted by atomic mass is 10.0. The summed E-state index contributed by atoms with van der Waals surface area (Å²) in [5, 5.41) is 0. The van der Waals surface area contributed by atoms with Crippen LogP contribution in [0.4, 0.5) is 0 Å². The van der Waals surface area contributed by atoms with Crippen molar-refractivity contribution in [1.82, 2.24) is 9.55 Å². The minimum Gasteiger partial charge on any atom is -0.497 e. The number of fused-ring (bicyclic) bond motifs is 3. The number of imidazole rings is 1. The van der Waals surface area contributed by atoms with Gasteiger partial charge < -0.3 is 18.9 Å². The number of para-hydroxylation sites is 1. The van der Waals surface area contributed by atoms with Crippen molar-refractivity contribution in [1.29, 1.82) is 0 Å². The molecule has 1 aromatic heterocycles. The summed E-state index contributed by atoms with van der Waals surface area (Å²) in [5.41, 5.74) is 5.59. The van der Waals surface area contributed by atoms with Crippen molar-refractivity contribution in [2.75, 3.05) is 21.3 Å². The Hall–Kier alpha value is -4.19. The SMILES string of the molecule is COc1ccc(-c2nc3n(c2-c2ccc(OC)cc2)C(C)=COc2c(OC)cccc2-3)cc1. The first kappa shape index (κ1) is 20.7. The average Bonchev–Trinajstić information content (AvgIpc) is 3.21. The molecule has 1 aliphatic heterocycles. The lowest BCUT2D eigenvalue weighted by Gasteiger charge is -2.12. The smallest absolute Gasteiger partial charge is 0.179 e. The predicted octanol–water partition coefficient (Wildman–Crippen LogP) is 6.12. The number of allylic oxidation sites excluding steroid dienone is 1. The van der Waals surface area contributed by atoms with Gasteiger partial charge in [0.2, 0.25) is 0 Å². The van der Waals surface area contributed by atoms with Crippen LogP contribution in [0.1, 0.15) is 6.92 Å². The Morgan fingerprint density at radius 3 is 2.00 bits per heavy atom. The van der Waals surface area contributed by atoms with Gasteiger partial charge in [-0.15, -0.1) is 0 Å². The summed E-state index contributed by atoms with van der Waals surface area (Å²) in [6.45, 7) is 2.01. The number of ether oxygens (including phenoxy) is 4. The van der Waals surface area contributed by atoms with E-state index in [1.54, 1.807) is 27.6 Å². The molecule has 6 heteroatoms. The summed E-state index contributed by atoms with van der Waals surface area (Å²) < 4.78 is 24.5. The van der Waals surface area contributed by atoms with E-state index in [4.69, 9.17) is 23.9 Å². The standard InChI is InChI=1S/C27H24N2O4/c1-17-16-33-26-22(6-5-7-23(26)32-4)27-28-24(18-8-12-20(30-2)13-9-18)25(29(17)27)19-10-14-21(31-3)15-11-19/h5-16H,1-4H3. The highest BCUT2D eigenvalue weighted by molar-refractivity contribution is 5.87. The van der Waals surface area contributed by atoms with Gasteiger partial charge in [-0.2, -0.15) is 0 Å². The lowest BCUT2D eigenvalue weighted by Crippen LogP contribution is -1.99. The fourth-order valence-corrected chi connectivity index (χ4v) is 4.08. The summed E-state index contributed by atoms with van der Waals surface area (Å²) in [6, 6.07) is 21.8. The molecule has 0 N–H and O–H groups in total. The second-order valence-electron chi connectivity index (χ2n) is 7.64. The molecule has 0 fully saturated rings. The van der Waals surface area contributed by atoms with E-state index in [0.717, 1.165) is 51.1 Å². The highest BCUT2D eigenvalue weighted by atomic mass is 16.5. The van der Waals surface area contributed by atoms with Crippen LogP contribution in [0.25, 0.3) is 39.6 Å². The van der Waals surface area contributed by atoms with Gasteiger partial charge in [-0.25, -0.2) is 4.98 Å². The number of hydrogen-bond acceptors (Lipinski definition) is 5. The zero-order chi connectivity index (χ0) is 22.9. The van der Waals surface area contributed by atoms with Crippen molar-refractivity contribution in [2.45, 2.75) is 6.92 Å². The molecular weight excluding hydrogens is 416 g/mol. The molecule has 0 amide bonds. The normalized spacial score (nSPS) is 12.1. The molecule has 0 aliphatic carbocycles. The lowest BCUT2D eigenvalue weighted by molar-refractivity contribution is 0.379. The van der Waals surface area contributed by atoms with Gasteiger partial charge in [0, 0.05) is 11.1 Å². The van der Waals surface area contributed by atoms with E-state index in [-0.39, 0.29) is 0 Å². The quantitative estimate of drug-likeness (QED) is 0.374. The number of aromatic nitrogens is 2. The summed E-state index contributed by atoms with van der Waals surface area (Å²) in [7, 11) is 4.96.